The van der Waals surface area contributed by atoms with Gasteiger partial charge in [0.15, 0.2) is 0 Å². The molecule has 0 saturated carbocycles. The Morgan fingerprint density at radius 3 is 2.53 bits per heavy atom. The Kier molecular flexibility index (Phi) is 6.92. The molecule has 0 bridgehead atoms. The molecule has 2 amide bonds. The Morgan fingerprint density at radius 1 is 1.14 bits per heavy atom. The summed E-state index contributed by atoms with van der Waals surface area (Å²) in [6, 6.07) is 9.71. The number of piperazine rings is 1. The van der Waals surface area contributed by atoms with Crippen LogP contribution in [0.25, 0.3) is 22.3 Å². The van der Waals surface area contributed by atoms with Crippen molar-refractivity contribution in [2.75, 3.05) is 29.9 Å². The number of likely N-dealkylation sites (N-methyl/N-ethyl adjacent to an activating group) is 1. The highest BCUT2D eigenvalue weighted by atomic mass is 35.5. The molecule has 1 N–H and O–H groups in total. The zero-order valence-corrected chi connectivity index (χ0v) is 24.0. The number of carbonyl (C=O) groups excluding carboxylic acids is 2. The summed E-state index contributed by atoms with van der Waals surface area (Å²) in [5, 5.41) is 10.9. The van der Waals surface area contributed by atoms with Gasteiger partial charge in [-0.15, -0.1) is 0 Å². The van der Waals surface area contributed by atoms with Gasteiger partial charge in [0, 0.05) is 25.0 Å². The molecule has 220 valence electrons. The van der Waals surface area contributed by atoms with Crippen molar-refractivity contribution in [3.63, 3.8) is 0 Å². The Labute approximate surface area is 249 Å². The van der Waals surface area contributed by atoms with Crippen molar-refractivity contribution < 1.29 is 23.5 Å². The number of aromatic nitrogens is 2. The van der Waals surface area contributed by atoms with Crippen molar-refractivity contribution in [1.82, 2.24) is 14.5 Å². The number of amides is 2. The van der Waals surface area contributed by atoms with E-state index in [0.29, 0.717) is 16.6 Å². The maximum Gasteiger partial charge on any atom is 0.278 e. The zero-order valence-electron chi connectivity index (χ0n) is 23.2. The second kappa shape index (κ2) is 10.5. The van der Waals surface area contributed by atoms with Crippen LogP contribution in [0.4, 0.5) is 20.2 Å². The smallest absolute Gasteiger partial charge is 0.278 e. The molecule has 4 aromatic rings. The van der Waals surface area contributed by atoms with Crippen LogP contribution in [-0.2, 0) is 16.1 Å². The lowest BCUT2D eigenvalue weighted by Crippen LogP contribution is -2.66. The molecule has 2 aromatic carbocycles. The van der Waals surface area contributed by atoms with Crippen LogP contribution in [0.1, 0.15) is 12.5 Å². The van der Waals surface area contributed by atoms with Crippen LogP contribution in [0.2, 0.25) is 5.02 Å². The highest BCUT2D eigenvalue weighted by molar-refractivity contribution is 6.34. The number of phenols is 1. The molecule has 2 atom stereocenters. The number of carbonyl (C=O) groups is 2. The third-order valence-electron chi connectivity index (χ3n) is 8.01. The summed E-state index contributed by atoms with van der Waals surface area (Å²) in [6.07, 6.45) is 1.19. The normalized spacial score (nSPS) is 18.1. The van der Waals surface area contributed by atoms with Gasteiger partial charge in [-0.25, -0.2) is 13.8 Å². The minimum atomic E-state index is -0.810. The number of nitrogens with zero attached hydrogens (tertiary/aromatic N) is 5. The van der Waals surface area contributed by atoms with Gasteiger partial charge in [0.25, 0.3) is 11.5 Å². The molecule has 1 saturated heterocycles. The SMILES string of the molecule is C=CC(=O)N1C[C@@H](C)N2c3c(c(=O)n(Cc4ccc(F)cc4)c4nc(-c5c(O)cccc5F)c(Cl)cc34)N(C)C(=O)[C@H]2C1. The minimum Gasteiger partial charge on any atom is -0.507 e. The second-order valence-corrected chi connectivity index (χ2v) is 11.1. The summed E-state index contributed by atoms with van der Waals surface area (Å²) in [5.74, 6) is -2.29. The van der Waals surface area contributed by atoms with Crippen LogP contribution in [0.3, 0.4) is 0 Å². The first kappa shape index (κ1) is 28.4. The van der Waals surface area contributed by atoms with E-state index in [4.69, 9.17) is 11.6 Å². The van der Waals surface area contributed by atoms with E-state index >= 15 is 0 Å². The van der Waals surface area contributed by atoms with E-state index in [-0.39, 0.29) is 64.8 Å². The summed E-state index contributed by atoms with van der Waals surface area (Å²) in [5.41, 5.74) is 0.311. The fourth-order valence-corrected chi connectivity index (χ4v) is 6.26. The number of hydrogen-bond acceptors (Lipinski definition) is 6. The molecule has 1 fully saturated rings. The maximum atomic E-state index is 15.0. The molecule has 2 aliphatic rings. The number of phenolic OH excluding ortho intramolecular Hbond substituents is 1. The van der Waals surface area contributed by atoms with Gasteiger partial charge >= 0.3 is 0 Å². The number of hydrogen-bond donors (Lipinski definition) is 1. The number of fused-ring (bicyclic) bond motifs is 5. The highest BCUT2D eigenvalue weighted by Gasteiger charge is 2.46. The molecule has 6 rings (SSSR count). The third-order valence-corrected chi connectivity index (χ3v) is 8.29. The molecule has 0 radical (unpaired) electrons. The number of aromatic hydroxyl groups is 1. The molecule has 9 nitrogen and oxygen atoms in total. The average molecular weight is 606 g/mol. The van der Waals surface area contributed by atoms with Gasteiger partial charge in [-0.05, 0) is 48.9 Å². The predicted molar refractivity (Wildman–Crippen MR) is 159 cm³/mol. The van der Waals surface area contributed by atoms with Crippen molar-refractivity contribution in [2.24, 2.45) is 0 Å². The number of rotatable bonds is 4. The monoisotopic (exact) mass is 605 g/mol. The van der Waals surface area contributed by atoms with Gasteiger partial charge in [0.05, 0.1) is 35.1 Å². The second-order valence-electron chi connectivity index (χ2n) is 10.7. The van der Waals surface area contributed by atoms with Crippen LogP contribution >= 0.6 is 11.6 Å². The first-order chi connectivity index (χ1) is 20.5. The summed E-state index contributed by atoms with van der Waals surface area (Å²) < 4.78 is 30.0. The van der Waals surface area contributed by atoms with E-state index in [1.807, 2.05) is 11.8 Å². The predicted octanol–water partition coefficient (Wildman–Crippen LogP) is 4.32. The van der Waals surface area contributed by atoms with Crippen LogP contribution in [0.15, 0.2) is 66.0 Å². The van der Waals surface area contributed by atoms with Crippen molar-refractivity contribution >= 4 is 45.8 Å². The molecule has 43 heavy (non-hydrogen) atoms. The van der Waals surface area contributed by atoms with Gasteiger partial charge in [-0.3, -0.25) is 19.0 Å². The first-order valence-electron chi connectivity index (χ1n) is 13.5. The van der Waals surface area contributed by atoms with Gasteiger partial charge in [0.2, 0.25) is 5.91 Å². The summed E-state index contributed by atoms with van der Waals surface area (Å²) in [7, 11) is 1.49. The molecule has 0 unspecified atom stereocenters. The lowest BCUT2D eigenvalue weighted by molar-refractivity contribution is -0.129. The lowest BCUT2D eigenvalue weighted by Gasteiger charge is -2.50. The molecule has 12 heteroatoms. The average Bonchev–Trinajstić information content (AvgIpc) is 2.98. The van der Waals surface area contributed by atoms with Gasteiger partial charge in [0.1, 0.15) is 34.8 Å². The zero-order chi connectivity index (χ0) is 30.7. The van der Waals surface area contributed by atoms with E-state index in [0.717, 1.165) is 6.07 Å². The standard InChI is InChI=1S/C31H26ClF2N5O4/c1-4-24(41)37-13-16(2)39-22(15-37)30(42)36(3)28-27(39)19-12-20(32)26(25-21(34)6-5-7-23(25)40)35-29(19)38(31(28)43)14-17-8-10-18(33)11-9-17/h4-12,16,22,40H,1,13-15H2,2-3H3/t16-,22-/m1/s1. The number of halogens is 3. The fourth-order valence-electron chi connectivity index (χ4n) is 6.02. The van der Waals surface area contributed by atoms with Crippen LogP contribution in [0.5, 0.6) is 5.75 Å². The summed E-state index contributed by atoms with van der Waals surface area (Å²) in [4.78, 5) is 49.8. The molecule has 4 heterocycles. The van der Waals surface area contributed by atoms with Gasteiger partial charge < -0.3 is 19.8 Å². The van der Waals surface area contributed by atoms with Crippen molar-refractivity contribution in [3.8, 4) is 17.0 Å². The van der Waals surface area contributed by atoms with Crippen molar-refractivity contribution in [1.29, 1.82) is 0 Å². The molecular formula is C31H26ClF2N5O4. The number of benzene rings is 2. The van der Waals surface area contributed by atoms with E-state index in [9.17, 15) is 28.3 Å². The quantitative estimate of drug-likeness (QED) is 0.348. The van der Waals surface area contributed by atoms with E-state index in [1.165, 1.54) is 63.9 Å². The summed E-state index contributed by atoms with van der Waals surface area (Å²) in [6.45, 7) is 5.68. The molecular weight excluding hydrogens is 580 g/mol. The Bertz CT molecular complexity index is 1870. The van der Waals surface area contributed by atoms with Crippen LogP contribution in [0, 0.1) is 11.6 Å². The molecule has 0 spiro atoms. The third kappa shape index (κ3) is 4.51. The first-order valence-corrected chi connectivity index (χ1v) is 13.9. The van der Waals surface area contributed by atoms with Crippen LogP contribution in [-0.4, -0.2) is 63.6 Å². The minimum absolute atomic E-state index is 0.00584. The molecule has 0 aliphatic carbocycles. The Balaban J connectivity index is 1.66. The summed E-state index contributed by atoms with van der Waals surface area (Å²) >= 11 is 6.72. The maximum absolute atomic E-state index is 15.0. The van der Waals surface area contributed by atoms with E-state index in [1.54, 1.807) is 6.07 Å². The van der Waals surface area contributed by atoms with E-state index in [2.05, 4.69) is 11.6 Å². The molecule has 2 aliphatic heterocycles. The Hall–Kier alpha value is -4.77. The fraction of sp³-hybridized carbons (Fsp3) is 0.226. The topological polar surface area (TPSA) is 99.0 Å². The number of pyridine rings is 2. The molecule has 2 aromatic heterocycles. The van der Waals surface area contributed by atoms with Gasteiger partial charge in [-0.2, -0.15) is 0 Å². The highest BCUT2D eigenvalue weighted by Crippen LogP contribution is 2.44. The Morgan fingerprint density at radius 2 is 1.86 bits per heavy atom. The van der Waals surface area contributed by atoms with Gasteiger partial charge in [-0.1, -0.05) is 36.4 Å². The van der Waals surface area contributed by atoms with Crippen molar-refractivity contribution in [3.05, 3.63) is 93.8 Å². The largest absolute Gasteiger partial charge is 0.507 e. The lowest BCUT2D eigenvalue weighted by atomic mass is 9.97. The van der Waals surface area contributed by atoms with E-state index < -0.39 is 29.3 Å². The van der Waals surface area contributed by atoms with Crippen LogP contribution < -0.4 is 15.4 Å². The van der Waals surface area contributed by atoms with Crippen molar-refractivity contribution in [2.45, 2.75) is 25.6 Å². The number of anilines is 2.